The highest BCUT2D eigenvalue weighted by atomic mass is 19.1. The van der Waals surface area contributed by atoms with Gasteiger partial charge in [0.25, 0.3) is 0 Å². The summed E-state index contributed by atoms with van der Waals surface area (Å²) in [6.45, 7) is 4.93. The third-order valence-electron chi connectivity index (χ3n) is 6.17. The van der Waals surface area contributed by atoms with Crippen LogP contribution in [-0.4, -0.2) is 50.8 Å². The predicted molar refractivity (Wildman–Crippen MR) is 101 cm³/mol. The second kappa shape index (κ2) is 7.19. The standard InChI is InChI=1S/C20H27FN6/c21-17-4-3-9-22-20(17)26-12-7-15(8-13-26)19-24-23-18(27(19)16-5-6-16)14-25-10-1-2-11-25/h3-4,9,15-16H,1-2,5-8,10-14H2. The van der Waals surface area contributed by atoms with Crippen molar-refractivity contribution in [1.82, 2.24) is 24.6 Å². The lowest BCUT2D eigenvalue weighted by Gasteiger charge is -2.32. The van der Waals surface area contributed by atoms with Gasteiger partial charge in [-0.15, -0.1) is 10.2 Å². The van der Waals surface area contributed by atoms with E-state index in [9.17, 15) is 4.39 Å². The Labute approximate surface area is 159 Å². The number of piperidine rings is 1. The van der Waals surface area contributed by atoms with Crippen molar-refractivity contribution in [2.24, 2.45) is 0 Å². The fourth-order valence-electron chi connectivity index (χ4n) is 4.55. The Balaban J connectivity index is 1.31. The van der Waals surface area contributed by atoms with Gasteiger partial charge in [-0.3, -0.25) is 4.90 Å². The zero-order valence-electron chi connectivity index (χ0n) is 15.7. The van der Waals surface area contributed by atoms with Gasteiger partial charge in [-0.25, -0.2) is 9.37 Å². The third kappa shape index (κ3) is 3.45. The van der Waals surface area contributed by atoms with Gasteiger partial charge in [-0.2, -0.15) is 0 Å². The third-order valence-corrected chi connectivity index (χ3v) is 6.17. The zero-order chi connectivity index (χ0) is 18.2. The Bertz CT molecular complexity index is 788. The molecule has 0 bridgehead atoms. The van der Waals surface area contributed by atoms with Gasteiger partial charge in [0.05, 0.1) is 6.54 Å². The molecule has 0 amide bonds. The number of aromatic nitrogens is 4. The van der Waals surface area contributed by atoms with E-state index in [1.165, 1.54) is 44.8 Å². The van der Waals surface area contributed by atoms with E-state index in [1.807, 2.05) is 0 Å². The lowest BCUT2D eigenvalue weighted by molar-refractivity contribution is 0.314. The second-order valence-corrected chi connectivity index (χ2v) is 8.13. The molecule has 0 N–H and O–H groups in total. The summed E-state index contributed by atoms with van der Waals surface area (Å²) in [4.78, 5) is 8.79. The predicted octanol–water partition coefficient (Wildman–Crippen LogP) is 3.13. The summed E-state index contributed by atoms with van der Waals surface area (Å²) in [5.74, 6) is 2.97. The van der Waals surface area contributed by atoms with Crippen molar-refractivity contribution >= 4 is 5.82 Å². The van der Waals surface area contributed by atoms with Crippen LogP contribution in [0.4, 0.5) is 10.2 Å². The first-order valence-corrected chi connectivity index (χ1v) is 10.3. The van der Waals surface area contributed by atoms with Crippen molar-refractivity contribution in [2.45, 2.75) is 57.0 Å². The monoisotopic (exact) mass is 370 g/mol. The molecule has 0 atom stereocenters. The van der Waals surface area contributed by atoms with Crippen molar-refractivity contribution in [1.29, 1.82) is 0 Å². The molecule has 2 aromatic rings. The second-order valence-electron chi connectivity index (χ2n) is 8.13. The van der Waals surface area contributed by atoms with E-state index in [-0.39, 0.29) is 5.82 Å². The average molecular weight is 370 g/mol. The van der Waals surface area contributed by atoms with Gasteiger partial charge in [0.15, 0.2) is 11.6 Å². The highest BCUT2D eigenvalue weighted by Crippen LogP contribution is 2.40. The van der Waals surface area contributed by atoms with Crippen molar-refractivity contribution in [3.63, 3.8) is 0 Å². The lowest BCUT2D eigenvalue weighted by atomic mass is 9.95. The SMILES string of the molecule is Fc1cccnc1N1CCC(c2nnc(CN3CCCC3)n2C2CC2)CC1. The molecule has 7 heteroatoms. The Morgan fingerprint density at radius 1 is 1.00 bits per heavy atom. The van der Waals surface area contributed by atoms with Crippen LogP contribution in [0.5, 0.6) is 0 Å². The topological polar surface area (TPSA) is 50.1 Å². The first-order chi connectivity index (χ1) is 13.3. The quantitative estimate of drug-likeness (QED) is 0.809. The fraction of sp³-hybridized carbons (Fsp3) is 0.650. The van der Waals surface area contributed by atoms with Crippen molar-refractivity contribution in [3.05, 3.63) is 35.8 Å². The van der Waals surface area contributed by atoms with Crippen LogP contribution in [-0.2, 0) is 6.54 Å². The molecule has 6 nitrogen and oxygen atoms in total. The van der Waals surface area contributed by atoms with Gasteiger partial charge >= 0.3 is 0 Å². The maximum Gasteiger partial charge on any atom is 0.165 e. The molecule has 3 fully saturated rings. The summed E-state index contributed by atoms with van der Waals surface area (Å²) in [7, 11) is 0. The summed E-state index contributed by atoms with van der Waals surface area (Å²) in [5, 5.41) is 9.23. The van der Waals surface area contributed by atoms with Crippen LogP contribution >= 0.6 is 0 Å². The summed E-state index contributed by atoms with van der Waals surface area (Å²) in [5.41, 5.74) is 0. The minimum absolute atomic E-state index is 0.231. The van der Waals surface area contributed by atoms with Gasteiger partial charge in [0, 0.05) is 31.2 Å². The van der Waals surface area contributed by atoms with E-state index in [4.69, 9.17) is 0 Å². The molecule has 3 aliphatic rings. The smallest absolute Gasteiger partial charge is 0.165 e. The van der Waals surface area contributed by atoms with Crippen LogP contribution < -0.4 is 4.90 Å². The first kappa shape index (κ1) is 17.1. The molecule has 1 aliphatic carbocycles. The van der Waals surface area contributed by atoms with E-state index in [0.717, 1.165) is 44.1 Å². The van der Waals surface area contributed by atoms with Gasteiger partial charge in [0.1, 0.15) is 11.6 Å². The number of anilines is 1. The number of pyridine rings is 1. The fourth-order valence-corrected chi connectivity index (χ4v) is 4.55. The van der Waals surface area contributed by atoms with Gasteiger partial charge in [0.2, 0.25) is 0 Å². The summed E-state index contributed by atoms with van der Waals surface area (Å²) < 4.78 is 16.5. The Hall–Kier alpha value is -2.02. The molecule has 27 heavy (non-hydrogen) atoms. The number of halogens is 1. The summed E-state index contributed by atoms with van der Waals surface area (Å²) >= 11 is 0. The molecule has 1 saturated carbocycles. The van der Waals surface area contributed by atoms with Crippen molar-refractivity contribution in [3.8, 4) is 0 Å². The number of hydrogen-bond acceptors (Lipinski definition) is 5. The van der Waals surface area contributed by atoms with Crippen LogP contribution in [0.2, 0.25) is 0 Å². The Kier molecular flexibility index (Phi) is 4.55. The summed E-state index contributed by atoms with van der Waals surface area (Å²) in [6.07, 6.45) is 8.71. The Morgan fingerprint density at radius 2 is 1.78 bits per heavy atom. The molecule has 4 heterocycles. The van der Waals surface area contributed by atoms with Gasteiger partial charge in [-0.1, -0.05) is 0 Å². The normalized spacial score (nSPS) is 21.9. The van der Waals surface area contributed by atoms with E-state index in [0.29, 0.717) is 17.8 Å². The average Bonchev–Trinajstić information content (AvgIpc) is 3.24. The largest absolute Gasteiger partial charge is 0.354 e. The van der Waals surface area contributed by atoms with Crippen LogP contribution in [0.25, 0.3) is 0 Å². The van der Waals surface area contributed by atoms with Gasteiger partial charge < -0.3 is 9.47 Å². The molecule has 0 spiro atoms. The van der Waals surface area contributed by atoms with Gasteiger partial charge in [-0.05, 0) is 63.7 Å². The molecule has 2 aliphatic heterocycles. The van der Waals surface area contributed by atoms with E-state index < -0.39 is 0 Å². The molecule has 0 radical (unpaired) electrons. The molecule has 0 aromatic carbocycles. The Morgan fingerprint density at radius 3 is 2.48 bits per heavy atom. The molecule has 0 unspecified atom stereocenters. The highest BCUT2D eigenvalue weighted by molar-refractivity contribution is 5.40. The number of hydrogen-bond donors (Lipinski definition) is 0. The summed E-state index contributed by atoms with van der Waals surface area (Å²) in [6, 6.07) is 3.73. The van der Waals surface area contributed by atoms with E-state index in [2.05, 4.69) is 29.5 Å². The maximum absolute atomic E-state index is 14.0. The molecular weight excluding hydrogens is 343 g/mol. The molecule has 5 rings (SSSR count). The van der Waals surface area contributed by atoms with Crippen LogP contribution in [0, 0.1) is 5.82 Å². The molecule has 144 valence electrons. The van der Waals surface area contributed by atoms with Crippen LogP contribution in [0.3, 0.4) is 0 Å². The molecular formula is C20H27FN6. The van der Waals surface area contributed by atoms with Crippen LogP contribution in [0.1, 0.15) is 62.1 Å². The number of rotatable bonds is 5. The minimum atomic E-state index is -0.231. The highest BCUT2D eigenvalue weighted by Gasteiger charge is 2.34. The minimum Gasteiger partial charge on any atom is -0.354 e. The van der Waals surface area contributed by atoms with Crippen LogP contribution in [0.15, 0.2) is 18.3 Å². The van der Waals surface area contributed by atoms with E-state index >= 15 is 0 Å². The van der Waals surface area contributed by atoms with Crippen molar-refractivity contribution < 1.29 is 4.39 Å². The maximum atomic E-state index is 14.0. The van der Waals surface area contributed by atoms with E-state index in [1.54, 1.807) is 12.3 Å². The number of likely N-dealkylation sites (tertiary alicyclic amines) is 1. The zero-order valence-corrected chi connectivity index (χ0v) is 15.7. The van der Waals surface area contributed by atoms with Crippen molar-refractivity contribution in [2.75, 3.05) is 31.1 Å². The number of nitrogens with zero attached hydrogens (tertiary/aromatic N) is 6. The first-order valence-electron chi connectivity index (χ1n) is 10.3. The molecule has 2 aromatic heterocycles. The lowest BCUT2D eigenvalue weighted by Crippen LogP contribution is -2.35. The molecule has 2 saturated heterocycles.